The van der Waals surface area contributed by atoms with Gasteiger partial charge in [0.25, 0.3) is 0 Å². The van der Waals surface area contributed by atoms with Crippen LogP contribution in [0.1, 0.15) is 47.4 Å². The quantitative estimate of drug-likeness (QED) is 0.753. The van der Waals surface area contributed by atoms with Crippen molar-refractivity contribution in [2.24, 2.45) is 7.05 Å². The average Bonchev–Trinajstić information content (AvgIpc) is 2.86. The van der Waals surface area contributed by atoms with Crippen LogP contribution >= 0.6 is 0 Å². The van der Waals surface area contributed by atoms with E-state index in [2.05, 4.69) is 5.10 Å². The van der Waals surface area contributed by atoms with Crippen LogP contribution in [0.25, 0.3) is 0 Å². The van der Waals surface area contributed by atoms with Gasteiger partial charge in [-0.1, -0.05) is 0 Å². The number of hydrogen-bond acceptors (Lipinski definition) is 3. The SMILES string of the molecule is Cc1nn(C)c(C)c1C(=O)CCC1CCCO1. The molecule has 1 aromatic heterocycles. The Morgan fingerprint density at radius 1 is 1.53 bits per heavy atom. The highest BCUT2D eigenvalue weighted by Gasteiger charge is 2.20. The van der Waals surface area contributed by atoms with Gasteiger partial charge in [0.15, 0.2) is 5.78 Å². The lowest BCUT2D eigenvalue weighted by Crippen LogP contribution is -2.10. The molecule has 4 heteroatoms. The molecule has 0 aliphatic carbocycles. The number of aromatic nitrogens is 2. The van der Waals surface area contributed by atoms with E-state index in [9.17, 15) is 4.79 Å². The highest BCUT2D eigenvalue weighted by atomic mass is 16.5. The molecule has 4 nitrogen and oxygen atoms in total. The van der Waals surface area contributed by atoms with Crippen LogP contribution in [0, 0.1) is 13.8 Å². The fourth-order valence-corrected chi connectivity index (χ4v) is 2.47. The minimum absolute atomic E-state index is 0.198. The van der Waals surface area contributed by atoms with Crippen molar-refractivity contribution >= 4 is 5.78 Å². The van der Waals surface area contributed by atoms with Gasteiger partial charge in [0, 0.05) is 25.8 Å². The number of ether oxygens (including phenoxy) is 1. The molecule has 1 aromatic rings. The predicted molar refractivity (Wildman–Crippen MR) is 65.2 cm³/mol. The zero-order valence-electron chi connectivity index (χ0n) is 10.8. The molecule has 1 aliphatic heterocycles. The summed E-state index contributed by atoms with van der Waals surface area (Å²) in [4.78, 5) is 12.1. The third-order valence-corrected chi connectivity index (χ3v) is 3.51. The predicted octanol–water partition coefficient (Wildman–Crippen LogP) is 2.18. The van der Waals surface area contributed by atoms with Gasteiger partial charge < -0.3 is 4.74 Å². The number of Topliss-reactive ketones (excluding diaryl/α,β-unsaturated/α-hetero) is 1. The Bertz CT molecular complexity index is 417. The molecular weight excluding hydrogens is 216 g/mol. The molecule has 1 unspecified atom stereocenters. The van der Waals surface area contributed by atoms with Gasteiger partial charge in [-0.25, -0.2) is 0 Å². The molecule has 0 radical (unpaired) electrons. The van der Waals surface area contributed by atoms with E-state index in [0.717, 1.165) is 42.8 Å². The zero-order chi connectivity index (χ0) is 12.4. The van der Waals surface area contributed by atoms with Crippen LogP contribution in [0.3, 0.4) is 0 Å². The van der Waals surface area contributed by atoms with Crippen LogP contribution in [0.4, 0.5) is 0 Å². The first-order valence-corrected chi connectivity index (χ1v) is 6.24. The van der Waals surface area contributed by atoms with Crippen molar-refractivity contribution in [3.05, 3.63) is 17.0 Å². The van der Waals surface area contributed by atoms with E-state index >= 15 is 0 Å². The van der Waals surface area contributed by atoms with Crippen molar-refractivity contribution in [2.75, 3.05) is 6.61 Å². The lowest BCUT2D eigenvalue weighted by atomic mass is 10.0. The van der Waals surface area contributed by atoms with Crippen LogP contribution in [0.5, 0.6) is 0 Å². The first kappa shape index (κ1) is 12.3. The van der Waals surface area contributed by atoms with E-state index in [-0.39, 0.29) is 11.9 Å². The van der Waals surface area contributed by atoms with Crippen LogP contribution < -0.4 is 0 Å². The minimum Gasteiger partial charge on any atom is -0.378 e. The number of carbonyl (C=O) groups excluding carboxylic acids is 1. The molecular formula is C13H20N2O2. The molecule has 1 atom stereocenters. The van der Waals surface area contributed by atoms with Crippen LogP contribution in [-0.2, 0) is 11.8 Å². The maximum atomic E-state index is 12.1. The van der Waals surface area contributed by atoms with E-state index in [1.807, 2.05) is 20.9 Å². The molecule has 94 valence electrons. The van der Waals surface area contributed by atoms with Crippen molar-refractivity contribution in [3.8, 4) is 0 Å². The average molecular weight is 236 g/mol. The van der Waals surface area contributed by atoms with E-state index < -0.39 is 0 Å². The molecule has 0 spiro atoms. The lowest BCUT2D eigenvalue weighted by Gasteiger charge is -2.08. The smallest absolute Gasteiger partial charge is 0.166 e. The lowest BCUT2D eigenvalue weighted by molar-refractivity contribution is 0.0858. The van der Waals surface area contributed by atoms with Crippen LogP contribution in [0.15, 0.2) is 0 Å². The number of rotatable bonds is 4. The molecule has 0 saturated carbocycles. The molecule has 17 heavy (non-hydrogen) atoms. The number of aryl methyl sites for hydroxylation is 2. The van der Waals surface area contributed by atoms with Crippen molar-refractivity contribution in [2.45, 2.75) is 45.6 Å². The monoisotopic (exact) mass is 236 g/mol. The summed E-state index contributed by atoms with van der Waals surface area (Å²) < 4.78 is 7.30. The third-order valence-electron chi connectivity index (χ3n) is 3.51. The topological polar surface area (TPSA) is 44.1 Å². The summed E-state index contributed by atoms with van der Waals surface area (Å²) >= 11 is 0. The van der Waals surface area contributed by atoms with Gasteiger partial charge in [-0.2, -0.15) is 5.10 Å². The van der Waals surface area contributed by atoms with Crippen molar-refractivity contribution in [1.82, 2.24) is 9.78 Å². The van der Waals surface area contributed by atoms with Gasteiger partial charge in [0.1, 0.15) is 0 Å². The Balaban J connectivity index is 1.99. The Labute approximate surface area is 102 Å². The number of nitrogens with zero attached hydrogens (tertiary/aromatic N) is 2. The molecule has 1 saturated heterocycles. The molecule has 2 heterocycles. The normalized spacial score (nSPS) is 19.8. The summed E-state index contributed by atoms with van der Waals surface area (Å²) in [6.07, 6.45) is 3.92. The standard InChI is InChI=1S/C13H20N2O2/c1-9-13(10(2)15(3)14-9)12(16)7-6-11-5-4-8-17-11/h11H,4-8H2,1-3H3. The van der Waals surface area contributed by atoms with Gasteiger partial charge in [0.05, 0.1) is 17.4 Å². The number of hydrogen-bond donors (Lipinski definition) is 0. The Morgan fingerprint density at radius 3 is 2.82 bits per heavy atom. The van der Waals surface area contributed by atoms with E-state index in [0.29, 0.717) is 6.42 Å². The van der Waals surface area contributed by atoms with Crippen molar-refractivity contribution in [3.63, 3.8) is 0 Å². The first-order valence-electron chi connectivity index (χ1n) is 6.24. The van der Waals surface area contributed by atoms with Gasteiger partial charge in [-0.3, -0.25) is 9.48 Å². The minimum atomic E-state index is 0.198. The van der Waals surface area contributed by atoms with Crippen LogP contribution in [0.2, 0.25) is 0 Å². The van der Waals surface area contributed by atoms with E-state index in [1.165, 1.54) is 0 Å². The summed E-state index contributed by atoms with van der Waals surface area (Å²) in [5.74, 6) is 0.198. The molecule has 0 N–H and O–H groups in total. The summed E-state index contributed by atoms with van der Waals surface area (Å²) in [6.45, 7) is 4.69. The maximum Gasteiger partial charge on any atom is 0.166 e. The maximum absolute atomic E-state index is 12.1. The molecule has 0 aromatic carbocycles. The van der Waals surface area contributed by atoms with Crippen molar-refractivity contribution in [1.29, 1.82) is 0 Å². The summed E-state index contributed by atoms with van der Waals surface area (Å²) in [6, 6.07) is 0. The summed E-state index contributed by atoms with van der Waals surface area (Å²) in [7, 11) is 1.87. The van der Waals surface area contributed by atoms with Gasteiger partial charge in [-0.05, 0) is 33.1 Å². The van der Waals surface area contributed by atoms with Gasteiger partial charge in [0.2, 0.25) is 0 Å². The second-order valence-electron chi connectivity index (χ2n) is 4.77. The van der Waals surface area contributed by atoms with E-state index in [1.54, 1.807) is 4.68 Å². The fraction of sp³-hybridized carbons (Fsp3) is 0.692. The number of carbonyl (C=O) groups is 1. The van der Waals surface area contributed by atoms with E-state index in [4.69, 9.17) is 4.74 Å². The molecule has 1 aliphatic rings. The Kier molecular flexibility index (Phi) is 3.62. The number of ketones is 1. The van der Waals surface area contributed by atoms with Crippen LogP contribution in [-0.4, -0.2) is 28.3 Å². The third kappa shape index (κ3) is 2.57. The van der Waals surface area contributed by atoms with Gasteiger partial charge in [-0.15, -0.1) is 0 Å². The molecule has 1 fully saturated rings. The largest absolute Gasteiger partial charge is 0.378 e. The molecule has 0 amide bonds. The summed E-state index contributed by atoms with van der Waals surface area (Å²) in [5, 5.41) is 4.28. The second kappa shape index (κ2) is 5.00. The molecule has 0 bridgehead atoms. The fourth-order valence-electron chi connectivity index (χ4n) is 2.47. The second-order valence-corrected chi connectivity index (χ2v) is 4.77. The van der Waals surface area contributed by atoms with Crippen molar-refractivity contribution < 1.29 is 9.53 Å². The molecule has 2 rings (SSSR count). The van der Waals surface area contributed by atoms with Gasteiger partial charge >= 0.3 is 0 Å². The summed E-state index contributed by atoms with van der Waals surface area (Å²) in [5.41, 5.74) is 2.59. The highest BCUT2D eigenvalue weighted by molar-refractivity contribution is 5.98. The Morgan fingerprint density at radius 2 is 2.29 bits per heavy atom. The first-order chi connectivity index (χ1) is 8.09. The zero-order valence-corrected chi connectivity index (χ0v) is 10.8. The highest BCUT2D eigenvalue weighted by Crippen LogP contribution is 2.20. The Hall–Kier alpha value is -1.16.